The molecule has 8 atom stereocenters. The molecule has 0 aliphatic heterocycles. The maximum atomic E-state index is 12.3. The van der Waals surface area contributed by atoms with Gasteiger partial charge in [-0.15, -0.1) is 0 Å². The van der Waals surface area contributed by atoms with Crippen LogP contribution in [0.1, 0.15) is 86.0 Å². The Balaban J connectivity index is 1.59. The molecule has 0 spiro atoms. The van der Waals surface area contributed by atoms with Crippen LogP contribution in [0.3, 0.4) is 0 Å². The van der Waals surface area contributed by atoms with Crippen LogP contribution in [-0.2, 0) is 23.7 Å². The molecule has 0 aromatic heterocycles. The van der Waals surface area contributed by atoms with Crippen LogP contribution in [0.4, 0.5) is 9.59 Å². The molecule has 0 N–H and O–H groups in total. The van der Waals surface area contributed by atoms with Crippen LogP contribution >= 0.6 is 0 Å². The summed E-state index contributed by atoms with van der Waals surface area (Å²) in [5, 5.41) is 0. The van der Waals surface area contributed by atoms with Crippen LogP contribution < -0.4 is 0 Å². The highest BCUT2D eigenvalue weighted by molar-refractivity contribution is 5.80. The third-order valence-electron chi connectivity index (χ3n) is 10.7. The van der Waals surface area contributed by atoms with Gasteiger partial charge in [0, 0.05) is 30.6 Å². The molecule has 3 saturated carbocycles. The van der Waals surface area contributed by atoms with E-state index in [4.69, 9.17) is 18.9 Å². The molecule has 0 heterocycles. The number of allylic oxidation sites excluding steroid dienone is 3. The molecule has 212 valence electrons. The Kier molecular flexibility index (Phi) is 8.34. The molecule has 0 unspecified atom stereocenters. The van der Waals surface area contributed by atoms with Gasteiger partial charge in [-0.3, -0.25) is 4.79 Å². The van der Waals surface area contributed by atoms with Gasteiger partial charge in [-0.25, -0.2) is 9.59 Å². The van der Waals surface area contributed by atoms with Crippen molar-refractivity contribution >= 4 is 18.1 Å². The van der Waals surface area contributed by atoms with Crippen molar-refractivity contribution in [3.8, 4) is 0 Å². The summed E-state index contributed by atoms with van der Waals surface area (Å²) in [5.74, 6) is 2.31. The van der Waals surface area contributed by atoms with Gasteiger partial charge in [0.1, 0.15) is 18.0 Å². The van der Waals surface area contributed by atoms with Crippen molar-refractivity contribution in [2.45, 2.75) is 98.2 Å². The fourth-order valence-corrected chi connectivity index (χ4v) is 8.45. The molecule has 7 heteroatoms. The fourth-order valence-electron chi connectivity index (χ4n) is 8.45. The van der Waals surface area contributed by atoms with Crippen molar-refractivity contribution < 1.29 is 33.3 Å². The summed E-state index contributed by atoms with van der Waals surface area (Å²) in [7, 11) is 2.61. The molecule has 4 aliphatic carbocycles. The van der Waals surface area contributed by atoms with Gasteiger partial charge in [0.2, 0.25) is 0 Å². The summed E-state index contributed by atoms with van der Waals surface area (Å²) in [5.41, 5.74) is 2.44. The largest absolute Gasteiger partial charge is 0.508 e. The number of carbonyl (C=O) groups is 3. The van der Waals surface area contributed by atoms with Crippen LogP contribution in [0.5, 0.6) is 0 Å². The molecule has 0 radical (unpaired) electrons. The molecule has 4 rings (SSSR count). The quantitative estimate of drug-likeness (QED) is 0.326. The minimum Gasteiger partial charge on any atom is -0.438 e. The number of fused-ring (bicyclic) bond motifs is 5. The van der Waals surface area contributed by atoms with E-state index in [-0.39, 0.29) is 22.7 Å². The average Bonchev–Trinajstić information content (AvgIpc) is 3.24. The van der Waals surface area contributed by atoms with Gasteiger partial charge in [0.05, 0.1) is 14.2 Å². The van der Waals surface area contributed by atoms with Gasteiger partial charge in [-0.1, -0.05) is 57.9 Å². The first-order valence-electron chi connectivity index (χ1n) is 14.4. The second-order valence-corrected chi connectivity index (χ2v) is 12.8. The predicted molar refractivity (Wildman–Crippen MR) is 143 cm³/mol. The van der Waals surface area contributed by atoms with Crippen molar-refractivity contribution in [3.05, 3.63) is 23.3 Å². The lowest BCUT2D eigenvalue weighted by Gasteiger charge is -2.57. The summed E-state index contributed by atoms with van der Waals surface area (Å²) < 4.78 is 21.0. The van der Waals surface area contributed by atoms with E-state index in [0.29, 0.717) is 42.8 Å². The van der Waals surface area contributed by atoms with Crippen LogP contribution in [0.15, 0.2) is 23.3 Å². The zero-order valence-electron chi connectivity index (χ0n) is 24.2. The molecule has 3 fully saturated rings. The van der Waals surface area contributed by atoms with Crippen molar-refractivity contribution in [1.82, 2.24) is 0 Å². The van der Waals surface area contributed by atoms with E-state index in [1.54, 1.807) is 0 Å². The lowest BCUT2D eigenvalue weighted by molar-refractivity contribution is -0.122. The number of hydrogen-bond donors (Lipinski definition) is 0. The Labute approximate surface area is 227 Å². The number of Topliss-reactive ketones (excluding diaryl/α,β-unsaturated/α-hetero) is 1. The standard InChI is InChI=1S/C31H46O7/c1-18(2)26(32)13-8-19(3)23-11-12-24-22-10-9-20-16-21(37-28(33)35-6)17-27(38-29(34)36-7)31(20,5)25(22)14-15-30(23,24)4/h9-10,18-19,21,23-25,27H,8,11-17H2,1-7H3/t19-,21-,23-,24+,25+,27+,30-,31+/m1/s1. The van der Waals surface area contributed by atoms with Crippen LogP contribution in [0.25, 0.3) is 0 Å². The smallest absolute Gasteiger partial charge is 0.438 e. The first-order valence-corrected chi connectivity index (χ1v) is 14.4. The number of carbonyl (C=O) groups excluding carboxylic acids is 3. The first-order chi connectivity index (χ1) is 17.9. The zero-order valence-corrected chi connectivity index (χ0v) is 24.2. The van der Waals surface area contributed by atoms with E-state index in [0.717, 1.165) is 31.3 Å². The van der Waals surface area contributed by atoms with Crippen molar-refractivity contribution in [2.24, 2.45) is 40.4 Å². The SMILES string of the molecule is COC(=O)O[C@@H]1CC2=CC=C3[C@@H]4CC[C@H]([C@H](C)CCC(=O)C(C)C)[C@@]4(C)CC[C@@H]3[C@@]2(C)[C@@H](OC(=O)OC)C1. The average molecular weight is 531 g/mol. The molecule has 38 heavy (non-hydrogen) atoms. The van der Waals surface area contributed by atoms with E-state index in [1.807, 2.05) is 13.8 Å². The monoisotopic (exact) mass is 530 g/mol. The highest BCUT2D eigenvalue weighted by Gasteiger charge is 2.60. The maximum absolute atomic E-state index is 12.3. The minimum atomic E-state index is -0.724. The minimum absolute atomic E-state index is 0.104. The molecule has 7 nitrogen and oxygen atoms in total. The summed E-state index contributed by atoms with van der Waals surface area (Å²) in [6.45, 7) is 11.0. The predicted octanol–water partition coefficient (Wildman–Crippen LogP) is 7.04. The van der Waals surface area contributed by atoms with Crippen molar-refractivity contribution in [3.63, 3.8) is 0 Å². The number of ketones is 1. The Hall–Kier alpha value is -2.31. The van der Waals surface area contributed by atoms with Crippen LogP contribution in [0.2, 0.25) is 0 Å². The van der Waals surface area contributed by atoms with Gasteiger partial charge in [0.25, 0.3) is 0 Å². The third kappa shape index (κ3) is 5.02. The summed E-state index contributed by atoms with van der Waals surface area (Å²) in [6, 6.07) is 0. The molecular weight excluding hydrogens is 484 g/mol. The Bertz CT molecular complexity index is 996. The first kappa shape index (κ1) is 28.7. The van der Waals surface area contributed by atoms with Crippen molar-refractivity contribution in [2.75, 3.05) is 14.2 Å². The Morgan fingerprint density at radius 2 is 1.63 bits per heavy atom. The summed E-state index contributed by atoms with van der Waals surface area (Å²) >= 11 is 0. The van der Waals surface area contributed by atoms with E-state index in [9.17, 15) is 14.4 Å². The lowest BCUT2D eigenvalue weighted by atomic mass is 9.49. The molecule has 0 saturated heterocycles. The molecular formula is C31H46O7. The zero-order chi connectivity index (χ0) is 27.8. The highest BCUT2D eigenvalue weighted by atomic mass is 16.7. The summed E-state index contributed by atoms with van der Waals surface area (Å²) in [4.78, 5) is 36.5. The van der Waals surface area contributed by atoms with E-state index >= 15 is 0 Å². The van der Waals surface area contributed by atoms with Crippen LogP contribution in [-0.4, -0.2) is 44.5 Å². The Morgan fingerprint density at radius 3 is 2.29 bits per heavy atom. The second kappa shape index (κ2) is 11.1. The van der Waals surface area contributed by atoms with Gasteiger partial charge < -0.3 is 18.9 Å². The van der Waals surface area contributed by atoms with Gasteiger partial charge >= 0.3 is 12.3 Å². The lowest BCUT2D eigenvalue weighted by Crippen LogP contribution is -2.54. The topological polar surface area (TPSA) is 88.1 Å². The molecule has 0 bridgehead atoms. The van der Waals surface area contributed by atoms with Crippen LogP contribution in [0, 0.1) is 40.4 Å². The number of rotatable bonds is 7. The third-order valence-corrected chi connectivity index (χ3v) is 10.7. The second-order valence-electron chi connectivity index (χ2n) is 12.8. The fraction of sp³-hybridized carbons (Fsp3) is 0.774. The summed E-state index contributed by atoms with van der Waals surface area (Å²) in [6.07, 6.45) is 9.29. The van der Waals surface area contributed by atoms with E-state index in [2.05, 4.69) is 32.9 Å². The van der Waals surface area contributed by atoms with Gasteiger partial charge in [-0.05, 0) is 61.2 Å². The number of methoxy groups -OCH3 is 2. The molecule has 0 amide bonds. The Morgan fingerprint density at radius 1 is 0.947 bits per heavy atom. The van der Waals surface area contributed by atoms with Gasteiger partial charge in [0.15, 0.2) is 0 Å². The highest BCUT2D eigenvalue weighted by Crippen LogP contribution is 2.66. The van der Waals surface area contributed by atoms with E-state index < -0.39 is 24.5 Å². The maximum Gasteiger partial charge on any atom is 0.508 e. The van der Waals surface area contributed by atoms with Crippen molar-refractivity contribution in [1.29, 1.82) is 0 Å². The number of hydrogen-bond acceptors (Lipinski definition) is 7. The molecule has 0 aromatic rings. The normalized spacial score (nSPS) is 36.6. The van der Waals surface area contributed by atoms with Gasteiger partial charge in [-0.2, -0.15) is 0 Å². The molecule has 0 aromatic carbocycles. The van der Waals surface area contributed by atoms with E-state index in [1.165, 1.54) is 26.2 Å². The molecule has 4 aliphatic rings. The number of ether oxygens (including phenoxy) is 4.